The molecule has 48 heavy (non-hydrogen) atoms. The van der Waals surface area contributed by atoms with Gasteiger partial charge in [0.25, 0.3) is 5.97 Å². The average Bonchev–Trinajstić information content (AvgIpc) is 3.68. The molecular weight excluding hydrogens is 636 g/mol. The van der Waals surface area contributed by atoms with Crippen LogP contribution in [-0.2, 0) is 47.2 Å². The number of fused-ring (bicyclic) bond motifs is 2. The van der Waals surface area contributed by atoms with Crippen molar-refractivity contribution in [2.75, 3.05) is 19.8 Å². The van der Waals surface area contributed by atoms with Crippen LogP contribution in [-0.4, -0.2) is 82.5 Å². The van der Waals surface area contributed by atoms with Gasteiger partial charge in [0.05, 0.1) is 24.5 Å². The van der Waals surface area contributed by atoms with E-state index in [2.05, 4.69) is 13.0 Å². The Morgan fingerprint density at radius 2 is 1.88 bits per heavy atom. The van der Waals surface area contributed by atoms with E-state index in [4.69, 9.17) is 32.8 Å². The van der Waals surface area contributed by atoms with E-state index in [9.17, 15) is 19.5 Å². The molecular formula is C36H53O11Si. The van der Waals surface area contributed by atoms with Crippen molar-refractivity contribution in [1.29, 1.82) is 0 Å². The van der Waals surface area contributed by atoms with Gasteiger partial charge in [-0.1, -0.05) is 59.6 Å². The highest BCUT2D eigenvalue weighted by Crippen LogP contribution is 2.83. The Hall–Kier alpha value is -1.67. The molecule has 0 amide bonds. The van der Waals surface area contributed by atoms with Crippen LogP contribution in [0.3, 0.4) is 0 Å². The van der Waals surface area contributed by atoms with Crippen molar-refractivity contribution in [3.8, 4) is 0 Å². The van der Waals surface area contributed by atoms with Gasteiger partial charge < -0.3 is 38.0 Å². The molecule has 4 saturated heterocycles. The predicted octanol–water partition coefficient (Wildman–Crippen LogP) is 4.94. The fourth-order valence-electron chi connectivity index (χ4n) is 11.9. The molecule has 1 radical (unpaired) electrons. The van der Waals surface area contributed by atoms with E-state index in [1.165, 1.54) is 0 Å². The normalized spacial score (nSPS) is 48.0. The van der Waals surface area contributed by atoms with E-state index < -0.39 is 78.8 Å². The van der Waals surface area contributed by atoms with Crippen molar-refractivity contribution in [2.45, 2.75) is 118 Å². The minimum absolute atomic E-state index is 0.0184. The minimum Gasteiger partial charge on any atom is -0.481 e. The van der Waals surface area contributed by atoms with E-state index in [0.717, 1.165) is 24.7 Å². The lowest BCUT2D eigenvalue weighted by Gasteiger charge is -2.59. The van der Waals surface area contributed by atoms with E-state index in [1.54, 1.807) is 6.92 Å². The number of carbonyl (C=O) groups is 3. The fraction of sp³-hybridized carbons (Fsp3) is 0.861. The van der Waals surface area contributed by atoms with Crippen LogP contribution in [0.15, 0.2) is 11.6 Å². The Morgan fingerprint density at radius 1 is 1.15 bits per heavy atom. The molecule has 8 rings (SSSR count). The van der Waals surface area contributed by atoms with E-state index in [1.807, 2.05) is 47.7 Å². The molecule has 11 nitrogen and oxygen atoms in total. The lowest BCUT2D eigenvalue weighted by atomic mass is 9.43. The maximum atomic E-state index is 14.0. The first-order valence-electron chi connectivity index (χ1n) is 17.9. The molecule has 13 atom stereocenters. The highest BCUT2D eigenvalue weighted by Gasteiger charge is 2.86. The van der Waals surface area contributed by atoms with E-state index >= 15 is 0 Å². The Labute approximate surface area is 285 Å². The summed E-state index contributed by atoms with van der Waals surface area (Å²) in [6.07, 6.45) is 4.05. The van der Waals surface area contributed by atoms with Crippen LogP contribution in [0.2, 0.25) is 13.1 Å². The molecule has 3 saturated carbocycles. The number of carbonyl (C=O) groups excluding carboxylic acids is 2. The molecule has 0 spiro atoms. The molecule has 1 N–H and O–H groups in total. The van der Waals surface area contributed by atoms with Gasteiger partial charge in [-0.15, -0.1) is 0 Å². The molecule has 0 aromatic rings. The quantitative estimate of drug-likeness (QED) is 0.129. The summed E-state index contributed by atoms with van der Waals surface area (Å²) in [7, 11) is -1.40. The van der Waals surface area contributed by atoms with Crippen LogP contribution in [0.5, 0.6) is 0 Å². The number of hydrogen-bond donors (Lipinski definition) is 1. The number of esters is 1. The Kier molecular flexibility index (Phi) is 8.08. The van der Waals surface area contributed by atoms with Gasteiger partial charge in [-0.3, -0.25) is 9.53 Å². The number of allylic oxidation sites excluding steroid dienone is 1. The van der Waals surface area contributed by atoms with Crippen LogP contribution in [0, 0.1) is 57.2 Å². The van der Waals surface area contributed by atoms with Crippen LogP contribution in [0.25, 0.3) is 0 Å². The standard InChI is InChI=1S/C36H53O11Si/c1-10-41-25(38)16-42-27-26-28(31(5,6)7)35(45-29(27)36(44-26,46-35)47-48(8)9)43-18-33-15-22-20(4)11-12-23(22)32(17-37)14-21(33)13-24(19(2)3)34(32,33)30(39)40/h13,17,19-23,26-29H,10-12,14-16,18H2,1-9H3,(H,39,40). The average molecular weight is 690 g/mol. The lowest BCUT2D eigenvalue weighted by Crippen LogP contribution is -2.66. The molecule has 4 aliphatic heterocycles. The molecule has 0 aromatic carbocycles. The minimum atomic E-state index is -1.64. The molecule has 7 fully saturated rings. The first kappa shape index (κ1) is 34.8. The van der Waals surface area contributed by atoms with Gasteiger partial charge >= 0.3 is 17.9 Å². The summed E-state index contributed by atoms with van der Waals surface area (Å²) in [5.74, 6) is -4.78. The number of aldehydes is 1. The number of ether oxygens (including phenoxy) is 6. The first-order chi connectivity index (χ1) is 22.5. The molecule has 13 unspecified atom stereocenters. The number of carboxylic acid groups (broad SMARTS) is 1. The number of carboxylic acids is 1. The van der Waals surface area contributed by atoms with Crippen molar-refractivity contribution < 1.29 is 52.3 Å². The lowest BCUT2D eigenvalue weighted by molar-refractivity contribution is -0.491. The first-order valence-corrected chi connectivity index (χ1v) is 20.3. The molecule has 8 aliphatic rings. The summed E-state index contributed by atoms with van der Waals surface area (Å²) in [4.78, 5) is 39.9. The van der Waals surface area contributed by atoms with Gasteiger partial charge in [0.15, 0.2) is 6.10 Å². The van der Waals surface area contributed by atoms with Crippen LogP contribution >= 0.6 is 0 Å². The van der Waals surface area contributed by atoms with Gasteiger partial charge in [-0.05, 0) is 74.3 Å². The molecule has 0 aromatic heterocycles. The van der Waals surface area contributed by atoms with Gasteiger partial charge in [0.2, 0.25) is 9.04 Å². The second-order valence-corrected chi connectivity index (χ2v) is 19.2. The van der Waals surface area contributed by atoms with Crippen molar-refractivity contribution >= 4 is 27.3 Å². The third kappa shape index (κ3) is 4.23. The Balaban J connectivity index is 1.30. The van der Waals surface area contributed by atoms with E-state index in [-0.39, 0.29) is 43.5 Å². The highest BCUT2D eigenvalue weighted by atomic mass is 28.3. The zero-order valence-electron chi connectivity index (χ0n) is 29.8. The second kappa shape index (κ2) is 11.2. The fourth-order valence-corrected chi connectivity index (χ4v) is 12.7. The third-order valence-electron chi connectivity index (χ3n) is 13.2. The summed E-state index contributed by atoms with van der Waals surface area (Å²) < 4.78 is 45.0. The SMILES string of the molecule is CCOC(=O)COC1C2OC3(O[Si](C)C)OC(OCC45CC6C(C)CCC6C6(C=O)CC4C=C(C(C)C)C65C(=O)O)(OC13)C2C(C)(C)C. The van der Waals surface area contributed by atoms with Gasteiger partial charge in [-0.2, -0.15) is 0 Å². The third-order valence-corrected chi connectivity index (χ3v) is 13.9. The summed E-state index contributed by atoms with van der Waals surface area (Å²) in [5, 5.41) is 11.5. The van der Waals surface area contributed by atoms with E-state index in [0.29, 0.717) is 18.8 Å². The Morgan fingerprint density at radius 3 is 2.48 bits per heavy atom. The van der Waals surface area contributed by atoms with Crippen molar-refractivity contribution in [3.05, 3.63) is 11.6 Å². The van der Waals surface area contributed by atoms with Gasteiger partial charge in [0.1, 0.15) is 30.5 Å². The zero-order chi connectivity index (χ0) is 34.8. The molecule has 12 heteroatoms. The smallest absolute Gasteiger partial charge is 0.332 e. The summed E-state index contributed by atoms with van der Waals surface area (Å²) in [6, 6.07) is 0. The van der Waals surface area contributed by atoms with Crippen LogP contribution < -0.4 is 0 Å². The summed E-state index contributed by atoms with van der Waals surface area (Å²) in [5.41, 5.74) is -2.93. The number of hydrogen-bond acceptors (Lipinski definition) is 10. The highest BCUT2D eigenvalue weighted by molar-refractivity contribution is 6.48. The topological polar surface area (TPSA) is 136 Å². The zero-order valence-corrected chi connectivity index (χ0v) is 30.8. The summed E-state index contributed by atoms with van der Waals surface area (Å²) in [6.45, 7) is 18.1. The summed E-state index contributed by atoms with van der Waals surface area (Å²) >= 11 is 0. The number of rotatable bonds is 12. The molecule has 267 valence electrons. The van der Waals surface area contributed by atoms with Crippen molar-refractivity contribution in [1.82, 2.24) is 0 Å². The molecule has 4 aliphatic carbocycles. The van der Waals surface area contributed by atoms with Crippen molar-refractivity contribution in [3.63, 3.8) is 0 Å². The van der Waals surface area contributed by atoms with Crippen molar-refractivity contribution in [2.24, 2.45) is 57.2 Å². The Bertz CT molecular complexity index is 1390. The molecule has 4 heterocycles. The van der Waals surface area contributed by atoms with Gasteiger partial charge in [-0.25, -0.2) is 4.79 Å². The number of aliphatic carboxylic acids is 1. The maximum absolute atomic E-state index is 14.0. The predicted molar refractivity (Wildman–Crippen MR) is 172 cm³/mol. The maximum Gasteiger partial charge on any atom is 0.332 e. The second-order valence-electron chi connectivity index (χ2n) is 17.1. The van der Waals surface area contributed by atoms with Crippen LogP contribution in [0.4, 0.5) is 0 Å². The molecule has 8 bridgehead atoms. The monoisotopic (exact) mass is 689 g/mol. The van der Waals surface area contributed by atoms with Gasteiger partial charge in [0, 0.05) is 5.41 Å². The van der Waals surface area contributed by atoms with Crippen LogP contribution in [0.1, 0.15) is 74.1 Å². The largest absolute Gasteiger partial charge is 0.481 e.